The lowest BCUT2D eigenvalue weighted by molar-refractivity contribution is -0.138. The number of rotatable bonds is 4. The smallest absolute Gasteiger partial charge is 0.224 e. The Hall–Kier alpha value is -2.70. The molecule has 2 heterocycles. The first kappa shape index (κ1) is 17.1. The Morgan fingerprint density at radius 2 is 1.88 bits per heavy atom. The van der Waals surface area contributed by atoms with E-state index in [1.807, 2.05) is 6.07 Å². The van der Waals surface area contributed by atoms with E-state index in [0.717, 1.165) is 11.1 Å². The van der Waals surface area contributed by atoms with Gasteiger partial charge < -0.3 is 15.1 Å². The van der Waals surface area contributed by atoms with Crippen LogP contribution < -0.4 is 5.32 Å². The first-order valence-corrected chi connectivity index (χ1v) is 8.36. The number of aromatic nitrogens is 1. The maximum absolute atomic E-state index is 13.3. The van der Waals surface area contributed by atoms with E-state index in [1.54, 1.807) is 29.0 Å². The van der Waals surface area contributed by atoms with Crippen molar-refractivity contribution < 1.29 is 14.0 Å². The lowest BCUT2D eigenvalue weighted by Gasteiger charge is -2.34. The molecule has 1 aliphatic heterocycles. The molecule has 1 N–H and O–H groups in total. The highest BCUT2D eigenvalue weighted by Crippen LogP contribution is 2.22. The van der Waals surface area contributed by atoms with E-state index in [9.17, 15) is 14.0 Å². The fourth-order valence-electron chi connectivity index (χ4n) is 3.01. The Balaban J connectivity index is 1.53. The van der Waals surface area contributed by atoms with Gasteiger partial charge in [0.15, 0.2) is 0 Å². The zero-order chi connectivity index (χ0) is 17.8. The van der Waals surface area contributed by atoms with Crippen LogP contribution in [0, 0.1) is 5.82 Å². The fraction of sp³-hybridized carbons (Fsp3) is 0.389. The van der Waals surface area contributed by atoms with Gasteiger partial charge in [-0.1, -0.05) is 0 Å². The molecular formula is C18H21FN4O2. The minimum Gasteiger partial charge on any atom is -0.384 e. The fourth-order valence-corrected chi connectivity index (χ4v) is 3.01. The number of amides is 2. The predicted octanol–water partition coefficient (Wildman–Crippen LogP) is 1.87. The van der Waals surface area contributed by atoms with Crippen LogP contribution in [0.3, 0.4) is 0 Å². The van der Waals surface area contributed by atoms with Crippen LogP contribution in [0.1, 0.15) is 13.3 Å². The van der Waals surface area contributed by atoms with Crippen molar-refractivity contribution in [1.29, 1.82) is 0 Å². The number of hydrogen-bond acceptors (Lipinski definition) is 4. The van der Waals surface area contributed by atoms with Crippen molar-refractivity contribution in [2.75, 3.05) is 38.0 Å². The summed E-state index contributed by atoms with van der Waals surface area (Å²) < 4.78 is 13.3. The minimum atomic E-state index is -0.322. The molecule has 1 aromatic carbocycles. The van der Waals surface area contributed by atoms with Gasteiger partial charge in [0.1, 0.15) is 5.82 Å². The summed E-state index contributed by atoms with van der Waals surface area (Å²) in [7, 11) is 0. The second-order valence-electron chi connectivity index (χ2n) is 6.08. The number of fused-ring (bicyclic) bond motifs is 1. The number of benzene rings is 1. The van der Waals surface area contributed by atoms with Gasteiger partial charge in [-0.05, 0) is 18.2 Å². The molecule has 0 saturated carbocycles. The second kappa shape index (κ2) is 7.46. The van der Waals surface area contributed by atoms with Crippen molar-refractivity contribution in [2.24, 2.45) is 0 Å². The predicted molar refractivity (Wildman–Crippen MR) is 93.6 cm³/mol. The quantitative estimate of drug-likeness (QED) is 0.920. The standard InChI is InChI=1S/C18H21FN4O2/c1-13(24)22-8-10-23(11-9-22)18(25)5-7-20-16-4-6-21-17-12-14(19)2-3-15(16)17/h2-4,6,12H,5,7-11H2,1H3,(H,20,21). The number of piperazine rings is 1. The molecule has 0 unspecified atom stereocenters. The van der Waals surface area contributed by atoms with Gasteiger partial charge in [0.05, 0.1) is 5.52 Å². The summed E-state index contributed by atoms with van der Waals surface area (Å²) in [5, 5.41) is 4.06. The maximum atomic E-state index is 13.3. The summed E-state index contributed by atoms with van der Waals surface area (Å²) in [6.07, 6.45) is 1.98. The average Bonchev–Trinajstić information content (AvgIpc) is 2.61. The molecule has 3 rings (SSSR count). The van der Waals surface area contributed by atoms with E-state index in [4.69, 9.17) is 0 Å². The lowest BCUT2D eigenvalue weighted by atomic mass is 10.2. The Morgan fingerprint density at radius 3 is 2.60 bits per heavy atom. The summed E-state index contributed by atoms with van der Waals surface area (Å²) in [4.78, 5) is 31.3. The molecule has 2 amide bonds. The molecule has 2 aromatic rings. The molecule has 7 heteroatoms. The zero-order valence-electron chi connectivity index (χ0n) is 14.2. The van der Waals surface area contributed by atoms with Crippen LogP contribution in [0.15, 0.2) is 30.5 Å². The molecule has 0 radical (unpaired) electrons. The maximum Gasteiger partial charge on any atom is 0.224 e. The van der Waals surface area contributed by atoms with Crippen LogP contribution in [0.25, 0.3) is 10.9 Å². The number of nitrogens with one attached hydrogen (secondary N) is 1. The second-order valence-corrected chi connectivity index (χ2v) is 6.08. The van der Waals surface area contributed by atoms with Crippen LogP contribution in [0.4, 0.5) is 10.1 Å². The van der Waals surface area contributed by atoms with Crippen LogP contribution in [-0.4, -0.2) is 59.3 Å². The largest absolute Gasteiger partial charge is 0.384 e. The zero-order valence-corrected chi connectivity index (χ0v) is 14.2. The van der Waals surface area contributed by atoms with Gasteiger partial charge in [-0.3, -0.25) is 14.6 Å². The first-order chi connectivity index (χ1) is 12.0. The third kappa shape index (κ3) is 4.04. The molecule has 1 aliphatic rings. The van der Waals surface area contributed by atoms with E-state index in [-0.39, 0.29) is 17.6 Å². The third-order valence-electron chi connectivity index (χ3n) is 4.44. The number of carbonyl (C=O) groups is 2. The van der Waals surface area contributed by atoms with E-state index < -0.39 is 0 Å². The monoisotopic (exact) mass is 344 g/mol. The molecule has 0 atom stereocenters. The molecule has 1 aromatic heterocycles. The first-order valence-electron chi connectivity index (χ1n) is 8.36. The van der Waals surface area contributed by atoms with Gasteiger partial charge in [0, 0.05) is 69.4 Å². The molecule has 132 valence electrons. The van der Waals surface area contributed by atoms with E-state index in [1.165, 1.54) is 12.1 Å². The number of halogens is 1. The number of pyridine rings is 1. The van der Waals surface area contributed by atoms with E-state index in [0.29, 0.717) is 44.7 Å². The van der Waals surface area contributed by atoms with Gasteiger partial charge in [0.2, 0.25) is 11.8 Å². The Kier molecular flexibility index (Phi) is 5.11. The molecule has 6 nitrogen and oxygen atoms in total. The van der Waals surface area contributed by atoms with Gasteiger partial charge in [-0.25, -0.2) is 4.39 Å². The minimum absolute atomic E-state index is 0.0507. The van der Waals surface area contributed by atoms with Crippen molar-refractivity contribution in [3.8, 4) is 0 Å². The SMILES string of the molecule is CC(=O)N1CCN(C(=O)CCNc2ccnc3cc(F)ccc23)CC1. The van der Waals surface area contributed by atoms with Crippen LogP contribution in [0.5, 0.6) is 0 Å². The summed E-state index contributed by atoms with van der Waals surface area (Å²) in [6, 6.07) is 6.29. The molecule has 25 heavy (non-hydrogen) atoms. The summed E-state index contributed by atoms with van der Waals surface area (Å²) in [6.45, 7) is 4.38. The molecular weight excluding hydrogens is 323 g/mol. The van der Waals surface area contributed by atoms with Crippen LogP contribution in [0.2, 0.25) is 0 Å². The Bertz CT molecular complexity index is 788. The van der Waals surface area contributed by atoms with Gasteiger partial charge in [-0.15, -0.1) is 0 Å². The number of carbonyl (C=O) groups excluding carboxylic acids is 2. The van der Waals surface area contributed by atoms with Gasteiger partial charge in [0.25, 0.3) is 0 Å². The number of anilines is 1. The highest BCUT2D eigenvalue weighted by molar-refractivity contribution is 5.91. The summed E-state index contributed by atoms with van der Waals surface area (Å²) in [5.41, 5.74) is 1.41. The van der Waals surface area contributed by atoms with Crippen molar-refractivity contribution >= 4 is 28.4 Å². The molecule has 1 saturated heterocycles. The lowest BCUT2D eigenvalue weighted by Crippen LogP contribution is -2.50. The number of hydrogen-bond donors (Lipinski definition) is 1. The molecule has 0 bridgehead atoms. The average molecular weight is 344 g/mol. The van der Waals surface area contributed by atoms with E-state index in [2.05, 4.69) is 10.3 Å². The highest BCUT2D eigenvalue weighted by Gasteiger charge is 2.21. The van der Waals surface area contributed by atoms with Crippen molar-refractivity contribution in [1.82, 2.24) is 14.8 Å². The number of nitrogens with zero attached hydrogens (tertiary/aromatic N) is 3. The normalized spacial score (nSPS) is 14.6. The highest BCUT2D eigenvalue weighted by atomic mass is 19.1. The Labute approximate surface area is 145 Å². The topological polar surface area (TPSA) is 65.5 Å². The van der Waals surface area contributed by atoms with Gasteiger partial charge in [-0.2, -0.15) is 0 Å². The van der Waals surface area contributed by atoms with Crippen molar-refractivity contribution in [3.05, 3.63) is 36.3 Å². The third-order valence-corrected chi connectivity index (χ3v) is 4.44. The van der Waals surface area contributed by atoms with Crippen LogP contribution in [-0.2, 0) is 9.59 Å². The molecule has 0 aliphatic carbocycles. The van der Waals surface area contributed by atoms with Gasteiger partial charge >= 0.3 is 0 Å². The summed E-state index contributed by atoms with van der Waals surface area (Å²) in [5.74, 6) is -0.202. The van der Waals surface area contributed by atoms with Crippen molar-refractivity contribution in [3.63, 3.8) is 0 Å². The van der Waals surface area contributed by atoms with Crippen LogP contribution >= 0.6 is 0 Å². The summed E-state index contributed by atoms with van der Waals surface area (Å²) >= 11 is 0. The Morgan fingerprint density at radius 1 is 1.16 bits per heavy atom. The van der Waals surface area contributed by atoms with E-state index >= 15 is 0 Å². The molecule has 1 fully saturated rings. The molecule has 0 spiro atoms. The van der Waals surface area contributed by atoms with Crippen molar-refractivity contribution in [2.45, 2.75) is 13.3 Å².